The quantitative estimate of drug-likeness (QED) is 0.0998. The van der Waals surface area contributed by atoms with Crippen LogP contribution in [0.1, 0.15) is 29.3 Å². The molecule has 0 N–H and O–H groups in total. The van der Waals surface area contributed by atoms with Crippen LogP contribution < -0.4 is 0 Å². The molecular weight excluding hydrogens is 640 g/mol. The van der Waals surface area contributed by atoms with Crippen LogP contribution in [0.15, 0.2) is 111 Å². The first-order chi connectivity index (χ1) is 24.4. The Morgan fingerprint density at radius 1 is 0.520 bits per heavy atom. The Morgan fingerprint density at radius 2 is 0.880 bits per heavy atom. The van der Waals surface area contributed by atoms with Crippen LogP contribution in [-0.4, -0.2) is 55.6 Å². The number of esters is 2. The fourth-order valence-electron chi connectivity index (χ4n) is 4.87. The molecule has 0 saturated heterocycles. The first kappa shape index (κ1) is 31.8. The molecular formula is C37H28N6O7. The van der Waals surface area contributed by atoms with Crippen LogP contribution in [0, 0.1) is 6.92 Å². The Hall–Kier alpha value is -6.76. The lowest BCUT2D eigenvalue weighted by molar-refractivity contribution is -0.141. The molecule has 0 aliphatic rings. The normalized spacial score (nSPS) is 11.0. The van der Waals surface area contributed by atoms with Crippen molar-refractivity contribution in [2.75, 3.05) is 13.2 Å². The molecule has 3 heterocycles. The largest absolute Gasteiger partial charge is 0.466 e. The molecule has 0 amide bonds. The minimum atomic E-state index is -0.479. The number of rotatable bonds is 11. The molecule has 0 aliphatic heterocycles. The Morgan fingerprint density at radius 3 is 1.30 bits per heavy atom. The lowest BCUT2D eigenvalue weighted by Gasteiger charge is -2.05. The van der Waals surface area contributed by atoms with Crippen LogP contribution >= 0.6 is 0 Å². The van der Waals surface area contributed by atoms with E-state index in [9.17, 15) is 9.59 Å². The maximum absolute atomic E-state index is 12.3. The molecule has 50 heavy (non-hydrogen) atoms. The number of carbonyl (C=O) groups excluding carboxylic acids is 2. The minimum Gasteiger partial charge on any atom is -0.466 e. The fourth-order valence-corrected chi connectivity index (χ4v) is 4.87. The van der Waals surface area contributed by atoms with Gasteiger partial charge in [0.05, 0.1) is 18.8 Å². The van der Waals surface area contributed by atoms with E-state index < -0.39 is 5.97 Å². The van der Waals surface area contributed by atoms with Crippen molar-refractivity contribution in [2.24, 2.45) is 0 Å². The van der Waals surface area contributed by atoms with Crippen molar-refractivity contribution in [2.45, 2.75) is 20.3 Å². The number of aromatic nitrogens is 6. The topological polar surface area (TPSA) is 169 Å². The third-order valence-corrected chi connectivity index (χ3v) is 7.56. The first-order valence-corrected chi connectivity index (χ1v) is 15.6. The standard InChI is InChI=1S/C37H28N6O7/c1-22-4-6-27(7-5-22)34-38-31(41-48-34)24-8-10-25(11-9-24)32-39-35(49-42-32)28-14-16-29(17-15-28)36-40-33(43-50-36)26-12-18-30(19-13-26)37(45)47-21-3-20-46-23(2)44/h4-19H,3,20-21H2,1-2H3. The van der Waals surface area contributed by atoms with Crippen LogP contribution in [0.25, 0.3) is 68.5 Å². The smallest absolute Gasteiger partial charge is 0.338 e. The molecule has 7 rings (SSSR count). The van der Waals surface area contributed by atoms with E-state index in [-0.39, 0.29) is 19.2 Å². The van der Waals surface area contributed by atoms with Crippen molar-refractivity contribution in [1.82, 2.24) is 30.4 Å². The van der Waals surface area contributed by atoms with Crippen LogP contribution in [-0.2, 0) is 14.3 Å². The zero-order chi connectivity index (χ0) is 34.5. The summed E-state index contributed by atoms with van der Waals surface area (Å²) in [5.74, 6) is 1.56. The van der Waals surface area contributed by atoms with Crippen LogP contribution in [0.2, 0.25) is 0 Å². The van der Waals surface area contributed by atoms with E-state index in [0.29, 0.717) is 63.8 Å². The molecule has 3 aromatic heterocycles. The number of hydrogen-bond donors (Lipinski definition) is 0. The lowest BCUT2D eigenvalue weighted by Crippen LogP contribution is -2.09. The van der Waals surface area contributed by atoms with E-state index in [4.69, 9.17) is 23.0 Å². The van der Waals surface area contributed by atoms with Crippen molar-refractivity contribution in [3.8, 4) is 68.5 Å². The predicted molar refractivity (Wildman–Crippen MR) is 179 cm³/mol. The molecule has 13 nitrogen and oxygen atoms in total. The second-order valence-corrected chi connectivity index (χ2v) is 11.2. The van der Waals surface area contributed by atoms with Gasteiger partial charge in [-0.25, -0.2) is 4.79 Å². The van der Waals surface area contributed by atoms with E-state index in [1.54, 1.807) is 24.3 Å². The number of benzene rings is 4. The third kappa shape index (κ3) is 7.21. The number of hydrogen-bond acceptors (Lipinski definition) is 13. The molecule has 0 radical (unpaired) electrons. The van der Waals surface area contributed by atoms with Gasteiger partial charge < -0.3 is 23.0 Å². The summed E-state index contributed by atoms with van der Waals surface area (Å²) in [5.41, 5.74) is 6.02. The van der Waals surface area contributed by atoms with Gasteiger partial charge in [0.15, 0.2) is 0 Å². The van der Waals surface area contributed by atoms with E-state index in [1.165, 1.54) is 6.92 Å². The van der Waals surface area contributed by atoms with Crippen LogP contribution in [0.4, 0.5) is 0 Å². The van der Waals surface area contributed by atoms with Crippen molar-refractivity contribution in [3.63, 3.8) is 0 Å². The van der Waals surface area contributed by atoms with Gasteiger partial charge in [-0.1, -0.05) is 69.6 Å². The van der Waals surface area contributed by atoms with Gasteiger partial charge in [0, 0.05) is 46.7 Å². The Bertz CT molecular complexity index is 2240. The van der Waals surface area contributed by atoms with Gasteiger partial charge in [-0.15, -0.1) is 0 Å². The van der Waals surface area contributed by atoms with Crippen molar-refractivity contribution in [1.29, 1.82) is 0 Å². The predicted octanol–water partition coefficient (Wildman–Crippen LogP) is 7.26. The molecule has 0 bridgehead atoms. The molecule has 0 atom stereocenters. The maximum atomic E-state index is 12.3. The van der Waals surface area contributed by atoms with E-state index in [2.05, 4.69) is 30.4 Å². The third-order valence-electron chi connectivity index (χ3n) is 7.56. The summed E-state index contributed by atoms with van der Waals surface area (Å²) in [4.78, 5) is 36.7. The molecule has 7 aromatic rings. The minimum absolute atomic E-state index is 0.141. The number of nitrogens with zero attached hydrogens (tertiary/aromatic N) is 6. The molecule has 248 valence electrons. The number of ether oxygens (including phenoxy) is 2. The molecule has 0 aliphatic carbocycles. The van der Waals surface area contributed by atoms with E-state index in [1.807, 2.05) is 79.7 Å². The lowest BCUT2D eigenvalue weighted by atomic mass is 10.1. The highest BCUT2D eigenvalue weighted by molar-refractivity contribution is 5.90. The molecule has 0 spiro atoms. The highest BCUT2D eigenvalue weighted by Gasteiger charge is 2.16. The van der Waals surface area contributed by atoms with E-state index >= 15 is 0 Å². The second-order valence-electron chi connectivity index (χ2n) is 11.2. The Kier molecular flexibility index (Phi) is 9.01. The average Bonchev–Trinajstić information content (AvgIpc) is 3.94. The fraction of sp³-hybridized carbons (Fsp3) is 0.135. The Balaban J connectivity index is 0.966. The summed E-state index contributed by atoms with van der Waals surface area (Å²) in [7, 11) is 0. The number of aryl methyl sites for hydroxylation is 1. The van der Waals surface area contributed by atoms with Crippen LogP contribution in [0.3, 0.4) is 0 Å². The van der Waals surface area contributed by atoms with Crippen molar-refractivity contribution < 1.29 is 32.6 Å². The van der Waals surface area contributed by atoms with Gasteiger partial charge in [0.25, 0.3) is 17.7 Å². The summed E-state index contributed by atoms with van der Waals surface area (Å²) in [5, 5.41) is 12.4. The molecule has 0 saturated carbocycles. The van der Waals surface area contributed by atoms with Gasteiger partial charge in [-0.05, 0) is 55.5 Å². The first-order valence-electron chi connectivity index (χ1n) is 15.6. The average molecular weight is 669 g/mol. The van der Waals surface area contributed by atoms with Gasteiger partial charge in [0.1, 0.15) is 0 Å². The summed E-state index contributed by atoms with van der Waals surface area (Å²) in [6.07, 6.45) is 0.418. The monoisotopic (exact) mass is 668 g/mol. The molecule has 13 heteroatoms. The highest BCUT2D eigenvalue weighted by atomic mass is 16.5. The van der Waals surface area contributed by atoms with Crippen LogP contribution in [0.5, 0.6) is 0 Å². The highest BCUT2D eigenvalue weighted by Crippen LogP contribution is 2.28. The van der Waals surface area contributed by atoms with Gasteiger partial charge in [0.2, 0.25) is 17.5 Å². The SMILES string of the molecule is CC(=O)OCCCOC(=O)c1ccc(-c2noc(-c3ccc(-c4nc(-c5ccc(-c6noc(-c7ccc(C)cc7)n6)cc5)no4)cc3)n2)cc1. The summed E-state index contributed by atoms with van der Waals surface area (Å²) in [6.45, 7) is 3.68. The van der Waals surface area contributed by atoms with Gasteiger partial charge in [-0.3, -0.25) is 4.79 Å². The van der Waals surface area contributed by atoms with E-state index in [0.717, 1.165) is 22.3 Å². The zero-order valence-corrected chi connectivity index (χ0v) is 26.9. The second kappa shape index (κ2) is 14.2. The van der Waals surface area contributed by atoms with Gasteiger partial charge in [-0.2, -0.15) is 15.0 Å². The van der Waals surface area contributed by atoms with Crippen molar-refractivity contribution in [3.05, 3.63) is 108 Å². The summed E-state index contributed by atoms with van der Waals surface area (Å²) < 4.78 is 26.6. The van der Waals surface area contributed by atoms with Gasteiger partial charge >= 0.3 is 11.9 Å². The Labute approximate surface area is 284 Å². The number of carbonyl (C=O) groups is 2. The molecule has 4 aromatic carbocycles. The zero-order valence-electron chi connectivity index (χ0n) is 26.9. The molecule has 0 fully saturated rings. The summed E-state index contributed by atoms with van der Waals surface area (Å²) >= 11 is 0. The summed E-state index contributed by atoms with van der Waals surface area (Å²) in [6, 6.07) is 29.4. The van der Waals surface area contributed by atoms with Crippen molar-refractivity contribution >= 4 is 11.9 Å². The maximum Gasteiger partial charge on any atom is 0.338 e. The molecule has 0 unspecified atom stereocenters.